The van der Waals surface area contributed by atoms with Crippen LogP contribution in [0.2, 0.25) is 0 Å². The monoisotopic (exact) mass is 401 g/mol. The molecule has 0 atom stereocenters. The first-order valence-corrected chi connectivity index (χ1v) is 10.1. The lowest BCUT2D eigenvalue weighted by atomic mass is 10.1. The second kappa shape index (κ2) is 9.74. The number of hydrogen-bond donors (Lipinski definition) is 2. The van der Waals surface area contributed by atoms with Crippen molar-refractivity contribution in [1.29, 1.82) is 0 Å². The lowest BCUT2D eigenvalue weighted by Gasteiger charge is -2.14. The van der Waals surface area contributed by atoms with Crippen LogP contribution >= 0.6 is 0 Å². The lowest BCUT2D eigenvalue weighted by Crippen LogP contribution is -2.15. The maximum Gasteiger partial charge on any atom is 0.255 e. The molecule has 0 aliphatic rings. The van der Waals surface area contributed by atoms with Crippen LogP contribution < -0.4 is 15.5 Å². The van der Waals surface area contributed by atoms with Crippen molar-refractivity contribution in [3.63, 3.8) is 0 Å². The number of carbonyl (C=O) groups is 2. The number of benzene rings is 3. The zero-order chi connectivity index (χ0) is 21.5. The predicted molar refractivity (Wildman–Crippen MR) is 124 cm³/mol. The number of amides is 2. The van der Waals surface area contributed by atoms with Crippen molar-refractivity contribution < 1.29 is 9.59 Å². The van der Waals surface area contributed by atoms with Crippen LogP contribution in [0.4, 0.5) is 17.1 Å². The maximum atomic E-state index is 12.7. The third kappa shape index (κ3) is 5.47. The summed E-state index contributed by atoms with van der Waals surface area (Å²) in [6.07, 6.45) is 2.07. The topological polar surface area (TPSA) is 61.4 Å². The molecule has 0 spiro atoms. The summed E-state index contributed by atoms with van der Waals surface area (Å²) in [7, 11) is 3.90. The van der Waals surface area contributed by atoms with Crippen molar-refractivity contribution in [2.45, 2.75) is 19.8 Å². The molecule has 3 aromatic carbocycles. The van der Waals surface area contributed by atoms with Crippen LogP contribution in [-0.2, 0) is 6.42 Å². The van der Waals surface area contributed by atoms with Gasteiger partial charge in [0.05, 0.1) is 0 Å². The van der Waals surface area contributed by atoms with Gasteiger partial charge in [0.2, 0.25) is 0 Å². The number of rotatable bonds is 7. The van der Waals surface area contributed by atoms with Crippen LogP contribution in [0.5, 0.6) is 0 Å². The van der Waals surface area contributed by atoms with Crippen molar-refractivity contribution in [3.05, 3.63) is 89.5 Å². The molecule has 30 heavy (non-hydrogen) atoms. The van der Waals surface area contributed by atoms with Gasteiger partial charge in [-0.05, 0) is 60.5 Å². The molecule has 5 nitrogen and oxygen atoms in total. The van der Waals surface area contributed by atoms with E-state index in [-0.39, 0.29) is 11.8 Å². The minimum absolute atomic E-state index is 0.200. The SMILES string of the molecule is CCCc1ccc(C(=O)Nc2cccc(C(=O)Nc3cccc(N(C)C)c3)c2)cc1. The standard InChI is InChI=1S/C25H27N3O2/c1-4-7-18-12-14-19(15-13-18)24(29)26-21-9-5-8-20(16-21)25(30)27-22-10-6-11-23(17-22)28(2)3/h5-6,8-17H,4,7H2,1-3H3,(H,26,29)(H,27,30). The highest BCUT2D eigenvalue weighted by Gasteiger charge is 2.10. The van der Waals surface area contributed by atoms with Gasteiger partial charge in [-0.2, -0.15) is 0 Å². The Balaban J connectivity index is 1.68. The van der Waals surface area contributed by atoms with Crippen LogP contribution in [0.25, 0.3) is 0 Å². The van der Waals surface area contributed by atoms with E-state index in [1.807, 2.05) is 67.5 Å². The fourth-order valence-electron chi connectivity index (χ4n) is 3.12. The van der Waals surface area contributed by atoms with E-state index in [1.165, 1.54) is 5.56 Å². The van der Waals surface area contributed by atoms with Crippen LogP contribution in [0, 0.1) is 0 Å². The Kier molecular flexibility index (Phi) is 6.86. The first kappa shape index (κ1) is 21.1. The Morgan fingerprint density at radius 1 is 0.767 bits per heavy atom. The summed E-state index contributed by atoms with van der Waals surface area (Å²) in [5.41, 5.74) is 4.57. The fourth-order valence-corrected chi connectivity index (χ4v) is 3.12. The van der Waals surface area contributed by atoms with E-state index in [1.54, 1.807) is 24.3 Å². The van der Waals surface area contributed by atoms with Gasteiger partial charge in [0.15, 0.2) is 0 Å². The fraction of sp³-hybridized carbons (Fsp3) is 0.200. The second-order valence-electron chi connectivity index (χ2n) is 7.38. The van der Waals surface area contributed by atoms with Gasteiger partial charge in [0.1, 0.15) is 0 Å². The van der Waals surface area contributed by atoms with Crippen molar-refractivity contribution >= 4 is 28.9 Å². The van der Waals surface area contributed by atoms with Gasteiger partial charge in [-0.15, -0.1) is 0 Å². The smallest absolute Gasteiger partial charge is 0.255 e. The van der Waals surface area contributed by atoms with E-state index in [0.29, 0.717) is 22.5 Å². The van der Waals surface area contributed by atoms with E-state index < -0.39 is 0 Å². The van der Waals surface area contributed by atoms with Gasteiger partial charge < -0.3 is 15.5 Å². The van der Waals surface area contributed by atoms with Gasteiger partial charge in [-0.25, -0.2) is 0 Å². The number of nitrogens with one attached hydrogen (secondary N) is 2. The molecule has 0 aliphatic carbocycles. The Morgan fingerprint density at radius 3 is 2.00 bits per heavy atom. The molecule has 0 radical (unpaired) electrons. The molecule has 2 N–H and O–H groups in total. The Bertz CT molecular complexity index is 1030. The number of aryl methyl sites for hydroxylation is 1. The molecule has 0 saturated carbocycles. The molecule has 0 unspecified atom stereocenters. The highest BCUT2D eigenvalue weighted by atomic mass is 16.2. The summed E-state index contributed by atoms with van der Waals surface area (Å²) in [6, 6.07) is 22.2. The summed E-state index contributed by atoms with van der Waals surface area (Å²) in [6.45, 7) is 2.13. The van der Waals surface area contributed by atoms with E-state index in [9.17, 15) is 9.59 Å². The van der Waals surface area contributed by atoms with Crippen molar-refractivity contribution in [2.24, 2.45) is 0 Å². The molecule has 0 bridgehead atoms. The summed E-state index contributed by atoms with van der Waals surface area (Å²) in [5.74, 6) is -0.430. The average molecular weight is 402 g/mol. The molecular weight excluding hydrogens is 374 g/mol. The van der Waals surface area contributed by atoms with Crippen LogP contribution in [-0.4, -0.2) is 25.9 Å². The molecular formula is C25H27N3O2. The quantitative estimate of drug-likeness (QED) is 0.571. The molecule has 3 aromatic rings. The molecule has 0 fully saturated rings. The van der Waals surface area contributed by atoms with E-state index in [2.05, 4.69) is 17.6 Å². The highest BCUT2D eigenvalue weighted by Crippen LogP contribution is 2.19. The Morgan fingerprint density at radius 2 is 1.37 bits per heavy atom. The van der Waals surface area contributed by atoms with Gasteiger partial charge in [-0.3, -0.25) is 9.59 Å². The molecule has 154 valence electrons. The summed E-state index contributed by atoms with van der Waals surface area (Å²) < 4.78 is 0. The van der Waals surface area contributed by atoms with Gasteiger partial charge >= 0.3 is 0 Å². The number of carbonyl (C=O) groups excluding carboxylic acids is 2. The van der Waals surface area contributed by atoms with Gasteiger partial charge in [0.25, 0.3) is 11.8 Å². The maximum absolute atomic E-state index is 12.7. The summed E-state index contributed by atoms with van der Waals surface area (Å²) >= 11 is 0. The lowest BCUT2D eigenvalue weighted by molar-refractivity contribution is 0.101. The van der Waals surface area contributed by atoms with Crippen LogP contribution in [0.15, 0.2) is 72.8 Å². The van der Waals surface area contributed by atoms with E-state index in [4.69, 9.17) is 0 Å². The van der Waals surface area contributed by atoms with E-state index >= 15 is 0 Å². The van der Waals surface area contributed by atoms with Crippen molar-refractivity contribution in [1.82, 2.24) is 0 Å². The van der Waals surface area contributed by atoms with Crippen LogP contribution in [0.1, 0.15) is 39.6 Å². The first-order chi connectivity index (χ1) is 14.5. The number of hydrogen-bond acceptors (Lipinski definition) is 3. The normalized spacial score (nSPS) is 10.4. The predicted octanol–water partition coefficient (Wildman–Crippen LogP) is 5.21. The minimum Gasteiger partial charge on any atom is -0.378 e. The van der Waals surface area contributed by atoms with Gasteiger partial charge in [0, 0.05) is 42.3 Å². The largest absolute Gasteiger partial charge is 0.378 e. The Labute approximate surface area is 177 Å². The third-order valence-electron chi connectivity index (χ3n) is 4.76. The number of anilines is 3. The molecule has 0 saturated heterocycles. The van der Waals surface area contributed by atoms with Crippen molar-refractivity contribution in [2.75, 3.05) is 29.6 Å². The molecule has 0 aliphatic heterocycles. The zero-order valence-corrected chi connectivity index (χ0v) is 17.6. The van der Waals surface area contributed by atoms with Crippen LogP contribution in [0.3, 0.4) is 0 Å². The zero-order valence-electron chi connectivity index (χ0n) is 17.6. The molecule has 2 amide bonds. The van der Waals surface area contributed by atoms with E-state index in [0.717, 1.165) is 18.5 Å². The first-order valence-electron chi connectivity index (χ1n) is 10.1. The summed E-state index contributed by atoms with van der Waals surface area (Å²) in [4.78, 5) is 27.2. The minimum atomic E-state index is -0.231. The van der Waals surface area contributed by atoms with Crippen molar-refractivity contribution in [3.8, 4) is 0 Å². The second-order valence-corrected chi connectivity index (χ2v) is 7.38. The summed E-state index contributed by atoms with van der Waals surface area (Å²) in [5, 5.41) is 5.77. The third-order valence-corrected chi connectivity index (χ3v) is 4.76. The molecule has 0 heterocycles. The molecule has 0 aromatic heterocycles. The highest BCUT2D eigenvalue weighted by molar-refractivity contribution is 6.07. The molecule has 5 heteroatoms. The molecule has 3 rings (SSSR count). The van der Waals surface area contributed by atoms with Gasteiger partial charge in [-0.1, -0.05) is 37.6 Å². The number of nitrogens with zero attached hydrogens (tertiary/aromatic N) is 1. The Hall–Kier alpha value is -3.60. The average Bonchev–Trinajstić information content (AvgIpc) is 2.75.